The Bertz CT molecular complexity index is 1200. The van der Waals surface area contributed by atoms with Crippen LogP contribution in [0.2, 0.25) is 0 Å². The lowest BCUT2D eigenvalue weighted by molar-refractivity contribution is -0.159. The third-order valence-electron chi connectivity index (χ3n) is 8.54. The number of nitrogens with one attached hydrogen (secondary N) is 3. The standard InChI is InChI=1S/C44H79N3O13/c1-43(2,3)59-41(52)22-20-18-16-14-12-10-8-7-9-11-13-15-17-19-21-39(50)47-37(42(53)60-44(4,5)6)23-24-38(49)45-25-28-54-31-33-56-35-40(51)46-26-29-55-32-34-58-36-57-30-27-48/h30,37H,7-26,28-29,31-36H2,1-6H3,(H,45,49)(H,46,51)(H,47,50)/t37-/m0/s1. The highest BCUT2D eigenvalue weighted by Gasteiger charge is 2.27. The summed E-state index contributed by atoms with van der Waals surface area (Å²) in [6.45, 7) is 12.8. The van der Waals surface area contributed by atoms with E-state index in [0.717, 1.165) is 44.8 Å². The van der Waals surface area contributed by atoms with Gasteiger partial charge in [0.1, 0.15) is 23.9 Å². The van der Waals surface area contributed by atoms with E-state index >= 15 is 0 Å². The maximum absolute atomic E-state index is 12.9. The van der Waals surface area contributed by atoms with Crippen molar-refractivity contribution in [3.05, 3.63) is 6.26 Å². The van der Waals surface area contributed by atoms with Gasteiger partial charge in [0, 0.05) is 32.4 Å². The van der Waals surface area contributed by atoms with E-state index in [4.69, 9.17) is 28.4 Å². The first-order chi connectivity index (χ1) is 28.6. The summed E-state index contributed by atoms with van der Waals surface area (Å²) >= 11 is 0. The summed E-state index contributed by atoms with van der Waals surface area (Å²) in [5.41, 5.74) is -1.14. The van der Waals surface area contributed by atoms with Crippen LogP contribution in [0.15, 0.2) is 6.26 Å². The van der Waals surface area contributed by atoms with Crippen molar-refractivity contribution in [2.75, 3.05) is 66.1 Å². The highest BCUT2D eigenvalue weighted by molar-refractivity contribution is 5.85. The second kappa shape index (κ2) is 37.2. The third kappa shape index (κ3) is 41.2. The molecule has 0 aliphatic heterocycles. The molecule has 3 amide bonds. The highest BCUT2D eigenvalue weighted by Crippen LogP contribution is 2.16. The number of ether oxygens (including phenoxy) is 7. The molecule has 0 heterocycles. The van der Waals surface area contributed by atoms with Crippen molar-refractivity contribution in [3.8, 4) is 0 Å². The zero-order valence-electron chi connectivity index (χ0n) is 37.8. The molecule has 3 N–H and O–H groups in total. The van der Waals surface area contributed by atoms with Gasteiger partial charge in [-0.05, 0) is 60.8 Å². The Labute approximate surface area is 359 Å². The molecule has 0 aliphatic carbocycles. The smallest absolute Gasteiger partial charge is 0.329 e. The zero-order chi connectivity index (χ0) is 44.7. The Morgan fingerprint density at radius 2 is 1.00 bits per heavy atom. The maximum atomic E-state index is 12.9. The number of carbonyl (C=O) groups is 5. The molecule has 0 unspecified atom stereocenters. The molecule has 0 fully saturated rings. The number of amides is 3. The lowest BCUT2D eigenvalue weighted by Crippen LogP contribution is -2.44. The molecule has 0 aromatic carbocycles. The monoisotopic (exact) mass is 858 g/mol. The first kappa shape index (κ1) is 56.4. The van der Waals surface area contributed by atoms with Crippen molar-refractivity contribution in [2.45, 2.75) is 174 Å². The molecule has 16 heteroatoms. The number of hydrogen-bond acceptors (Lipinski definition) is 13. The third-order valence-corrected chi connectivity index (χ3v) is 8.54. The molecule has 0 spiro atoms. The van der Waals surface area contributed by atoms with Gasteiger partial charge in [-0.25, -0.2) is 9.59 Å². The fourth-order valence-corrected chi connectivity index (χ4v) is 5.68. The summed E-state index contributed by atoms with van der Waals surface area (Å²) < 4.78 is 36.6. The van der Waals surface area contributed by atoms with Gasteiger partial charge in [-0.1, -0.05) is 77.0 Å². The summed E-state index contributed by atoms with van der Waals surface area (Å²) in [5, 5.41) is 8.19. The molecule has 16 nitrogen and oxygen atoms in total. The van der Waals surface area contributed by atoms with Crippen LogP contribution in [0.3, 0.4) is 0 Å². The maximum Gasteiger partial charge on any atom is 0.329 e. The van der Waals surface area contributed by atoms with E-state index < -0.39 is 23.2 Å². The summed E-state index contributed by atoms with van der Waals surface area (Å²) in [6.07, 6.45) is 17.5. The average molecular weight is 858 g/mol. The Kier molecular flexibility index (Phi) is 35.0. The lowest BCUT2D eigenvalue weighted by atomic mass is 10.0. The minimum atomic E-state index is -0.927. The van der Waals surface area contributed by atoms with Crippen molar-refractivity contribution >= 4 is 35.6 Å². The summed E-state index contributed by atoms with van der Waals surface area (Å²) in [5.74, 6) is -0.0145. The van der Waals surface area contributed by atoms with Crippen molar-refractivity contribution in [1.82, 2.24) is 16.0 Å². The molecule has 60 heavy (non-hydrogen) atoms. The normalized spacial score (nSPS) is 11.9. The van der Waals surface area contributed by atoms with E-state index in [0.29, 0.717) is 32.6 Å². The predicted octanol–water partition coefficient (Wildman–Crippen LogP) is 5.79. The lowest BCUT2D eigenvalue weighted by Gasteiger charge is -2.24. The fourth-order valence-electron chi connectivity index (χ4n) is 5.68. The van der Waals surface area contributed by atoms with Gasteiger partial charge in [-0.15, -0.1) is 0 Å². The largest absolute Gasteiger partial charge is 0.464 e. The van der Waals surface area contributed by atoms with Crippen LogP contribution in [0.5, 0.6) is 0 Å². The molecule has 0 aromatic rings. The molecule has 1 atom stereocenters. The average Bonchev–Trinajstić information content (AvgIpc) is 3.16. The molecule has 0 radical (unpaired) electrons. The molecular formula is C44H79N3O13. The Hall–Kier alpha value is -3.56. The van der Waals surface area contributed by atoms with Crippen LogP contribution >= 0.6 is 0 Å². The van der Waals surface area contributed by atoms with Gasteiger partial charge in [0.15, 0.2) is 19.0 Å². The first-order valence-corrected chi connectivity index (χ1v) is 22.0. The first-order valence-electron chi connectivity index (χ1n) is 22.0. The van der Waals surface area contributed by atoms with E-state index in [1.807, 2.05) is 20.8 Å². The van der Waals surface area contributed by atoms with Crippen LogP contribution in [0.1, 0.15) is 157 Å². The van der Waals surface area contributed by atoms with E-state index in [-0.39, 0.29) is 82.9 Å². The van der Waals surface area contributed by atoms with Gasteiger partial charge in [0.05, 0.1) is 39.6 Å². The van der Waals surface area contributed by atoms with Crippen LogP contribution < -0.4 is 16.0 Å². The molecular weight excluding hydrogens is 778 g/mol. The van der Waals surface area contributed by atoms with Gasteiger partial charge in [0.2, 0.25) is 17.7 Å². The van der Waals surface area contributed by atoms with E-state index in [2.05, 4.69) is 20.7 Å². The second-order valence-electron chi connectivity index (χ2n) is 16.6. The minimum absolute atomic E-state index is 0.0217. The van der Waals surface area contributed by atoms with Crippen molar-refractivity contribution in [3.63, 3.8) is 0 Å². The Morgan fingerprint density at radius 3 is 1.52 bits per heavy atom. The van der Waals surface area contributed by atoms with Crippen LogP contribution in [0.4, 0.5) is 0 Å². The van der Waals surface area contributed by atoms with Crippen molar-refractivity contribution in [2.24, 2.45) is 0 Å². The van der Waals surface area contributed by atoms with Crippen LogP contribution in [-0.4, -0.2) is 119 Å². The fraction of sp³-hybridized carbons (Fsp3) is 0.841. The van der Waals surface area contributed by atoms with Crippen molar-refractivity contribution in [1.29, 1.82) is 0 Å². The molecule has 0 rings (SSSR count). The van der Waals surface area contributed by atoms with Gasteiger partial charge < -0.3 is 49.1 Å². The van der Waals surface area contributed by atoms with E-state index in [9.17, 15) is 28.8 Å². The SMILES string of the molecule is CC(C)(C)OC(=O)CCCCCCCCCCCCCCCCC(=O)N[C@@H](CCC(=O)NCCOCCOCC(=O)NCCOCCOCOC=C=O)C(=O)OC(C)(C)C. The highest BCUT2D eigenvalue weighted by atomic mass is 16.7. The van der Waals surface area contributed by atoms with Gasteiger partial charge in [-0.3, -0.25) is 19.2 Å². The van der Waals surface area contributed by atoms with E-state index in [1.165, 1.54) is 57.3 Å². The minimum Gasteiger partial charge on any atom is -0.464 e. The van der Waals surface area contributed by atoms with Crippen LogP contribution in [0.25, 0.3) is 0 Å². The van der Waals surface area contributed by atoms with Crippen LogP contribution in [0, 0.1) is 0 Å². The Morgan fingerprint density at radius 1 is 0.533 bits per heavy atom. The topological polar surface area (TPSA) is 203 Å². The number of hydrogen-bond donors (Lipinski definition) is 3. The number of carbonyl (C=O) groups excluding carboxylic acids is 6. The Balaban J connectivity index is 3.99. The number of esters is 2. The van der Waals surface area contributed by atoms with E-state index in [1.54, 1.807) is 20.8 Å². The predicted molar refractivity (Wildman–Crippen MR) is 227 cm³/mol. The van der Waals surface area contributed by atoms with Crippen LogP contribution in [-0.2, 0) is 61.9 Å². The molecule has 0 aromatic heterocycles. The summed E-state index contributed by atoms with van der Waals surface area (Å²) in [4.78, 5) is 71.6. The number of rotatable bonds is 39. The molecule has 0 saturated heterocycles. The summed E-state index contributed by atoms with van der Waals surface area (Å²) in [6, 6.07) is -0.927. The number of unbranched alkanes of at least 4 members (excludes halogenated alkanes) is 13. The van der Waals surface area contributed by atoms with Gasteiger partial charge in [-0.2, -0.15) is 0 Å². The summed E-state index contributed by atoms with van der Waals surface area (Å²) in [7, 11) is 0. The molecule has 0 saturated carbocycles. The molecule has 0 aliphatic rings. The molecule has 0 bridgehead atoms. The molecule has 348 valence electrons. The second-order valence-corrected chi connectivity index (χ2v) is 16.6. The van der Waals surface area contributed by atoms with Crippen molar-refractivity contribution < 1.29 is 61.9 Å². The zero-order valence-corrected chi connectivity index (χ0v) is 37.8. The van der Waals surface area contributed by atoms with Gasteiger partial charge in [0.25, 0.3) is 0 Å². The van der Waals surface area contributed by atoms with Gasteiger partial charge >= 0.3 is 11.9 Å². The quantitative estimate of drug-likeness (QED) is 0.0221.